The predicted octanol–water partition coefficient (Wildman–Crippen LogP) is 7.62. The van der Waals surface area contributed by atoms with Crippen molar-refractivity contribution in [3.63, 3.8) is 0 Å². The van der Waals surface area contributed by atoms with Gasteiger partial charge in [-0.15, -0.1) is 0 Å². The van der Waals surface area contributed by atoms with Gasteiger partial charge in [-0.25, -0.2) is 4.98 Å². The van der Waals surface area contributed by atoms with Crippen molar-refractivity contribution in [3.05, 3.63) is 83.7 Å². The summed E-state index contributed by atoms with van der Waals surface area (Å²) >= 11 is 0. The minimum absolute atomic E-state index is 0.108. The Bertz CT molecular complexity index is 1490. The number of hydrogen-bond donors (Lipinski definition) is 2. The van der Waals surface area contributed by atoms with Gasteiger partial charge in [0, 0.05) is 25.1 Å². The van der Waals surface area contributed by atoms with Gasteiger partial charge >= 0.3 is 5.97 Å². The molecule has 6 heteroatoms. The number of amides is 1. The number of anilines is 1. The molecule has 0 saturated heterocycles. The van der Waals surface area contributed by atoms with Gasteiger partial charge in [-0.2, -0.15) is 0 Å². The Morgan fingerprint density at radius 2 is 1.80 bits per heavy atom. The smallest absolute Gasteiger partial charge is 0.306 e. The summed E-state index contributed by atoms with van der Waals surface area (Å²) in [5, 5.41) is 12.6. The Hall–Kier alpha value is -3.93. The SMILES string of the molecule is CCCCc1nc2ccc(NC(=O)CC3CCCCC3C(=O)O)cc2n1Cc1ccc(-c2ccccc2C)cc1. The highest BCUT2D eigenvalue weighted by molar-refractivity contribution is 5.93. The lowest BCUT2D eigenvalue weighted by atomic mass is 9.77. The van der Waals surface area contributed by atoms with Crippen LogP contribution in [0.4, 0.5) is 5.69 Å². The molecule has 0 spiro atoms. The summed E-state index contributed by atoms with van der Waals surface area (Å²) in [5.41, 5.74) is 7.53. The zero-order valence-corrected chi connectivity index (χ0v) is 23.5. The number of nitrogens with one attached hydrogen (secondary N) is 1. The number of carbonyl (C=O) groups excluding carboxylic acids is 1. The highest BCUT2D eigenvalue weighted by Crippen LogP contribution is 2.33. The van der Waals surface area contributed by atoms with E-state index in [1.54, 1.807) is 0 Å². The number of carboxylic acids is 1. The van der Waals surface area contributed by atoms with E-state index in [1.807, 2.05) is 18.2 Å². The Balaban J connectivity index is 1.37. The summed E-state index contributed by atoms with van der Waals surface area (Å²) in [6.45, 7) is 5.02. The molecule has 2 atom stereocenters. The summed E-state index contributed by atoms with van der Waals surface area (Å²) in [7, 11) is 0. The molecule has 2 N–H and O–H groups in total. The van der Waals surface area contributed by atoms with Crippen molar-refractivity contribution in [3.8, 4) is 11.1 Å². The van der Waals surface area contributed by atoms with Crippen molar-refractivity contribution < 1.29 is 14.7 Å². The van der Waals surface area contributed by atoms with Gasteiger partial charge in [0.2, 0.25) is 5.91 Å². The first-order valence-electron chi connectivity index (χ1n) is 14.6. The molecule has 208 valence electrons. The third-order valence-electron chi connectivity index (χ3n) is 8.29. The maximum atomic E-state index is 13.0. The van der Waals surface area contributed by atoms with Crippen molar-refractivity contribution >= 4 is 28.6 Å². The molecule has 0 radical (unpaired) electrons. The van der Waals surface area contributed by atoms with E-state index in [9.17, 15) is 14.7 Å². The molecule has 0 aliphatic heterocycles. The molecule has 1 aliphatic rings. The van der Waals surface area contributed by atoms with Crippen LogP contribution >= 0.6 is 0 Å². The molecule has 1 fully saturated rings. The third kappa shape index (κ3) is 6.27. The molecule has 1 aliphatic carbocycles. The number of rotatable bonds is 10. The highest BCUT2D eigenvalue weighted by Gasteiger charge is 2.32. The summed E-state index contributed by atoms with van der Waals surface area (Å²) in [6, 6.07) is 23.0. The van der Waals surface area contributed by atoms with Crippen molar-refractivity contribution in [2.75, 3.05) is 5.32 Å². The number of unbranched alkanes of at least 4 members (excludes halogenated alkanes) is 1. The van der Waals surface area contributed by atoms with Gasteiger partial charge in [-0.1, -0.05) is 74.7 Å². The Morgan fingerprint density at radius 3 is 2.55 bits per heavy atom. The van der Waals surface area contributed by atoms with Crippen LogP contribution in [0.2, 0.25) is 0 Å². The number of fused-ring (bicyclic) bond motifs is 1. The maximum absolute atomic E-state index is 13.0. The minimum atomic E-state index is -0.783. The van der Waals surface area contributed by atoms with Gasteiger partial charge in [-0.3, -0.25) is 9.59 Å². The number of aliphatic carboxylic acids is 1. The van der Waals surface area contributed by atoms with Gasteiger partial charge in [0.1, 0.15) is 5.82 Å². The fourth-order valence-electron chi connectivity index (χ4n) is 6.05. The van der Waals surface area contributed by atoms with Gasteiger partial charge in [0.05, 0.1) is 17.0 Å². The monoisotopic (exact) mass is 537 g/mol. The first-order valence-corrected chi connectivity index (χ1v) is 14.6. The second-order valence-electron chi connectivity index (χ2n) is 11.2. The highest BCUT2D eigenvalue weighted by atomic mass is 16.4. The van der Waals surface area contributed by atoms with Crippen LogP contribution in [0.25, 0.3) is 22.2 Å². The van der Waals surface area contributed by atoms with E-state index in [0.717, 1.165) is 61.1 Å². The second kappa shape index (κ2) is 12.5. The predicted molar refractivity (Wildman–Crippen MR) is 160 cm³/mol. The lowest BCUT2D eigenvalue weighted by Gasteiger charge is -2.27. The Kier molecular flexibility index (Phi) is 8.63. The standard InChI is InChI=1S/C34H39N3O3/c1-3-4-13-32-36-30-19-18-27(35-33(38)20-26-10-6-8-12-29(26)34(39)40)21-31(30)37(32)22-24-14-16-25(17-15-24)28-11-7-5-9-23(28)2/h5,7,9,11,14-19,21,26,29H,3-4,6,8,10,12-13,20,22H2,1-2H3,(H,35,38)(H,39,40). The summed E-state index contributed by atoms with van der Waals surface area (Å²) in [6.07, 6.45) is 6.64. The Morgan fingerprint density at radius 1 is 1.02 bits per heavy atom. The van der Waals surface area contributed by atoms with Crippen LogP contribution in [-0.4, -0.2) is 26.5 Å². The van der Waals surface area contributed by atoms with Gasteiger partial charge < -0.3 is 15.0 Å². The van der Waals surface area contributed by atoms with E-state index in [0.29, 0.717) is 13.0 Å². The zero-order valence-electron chi connectivity index (χ0n) is 23.5. The summed E-state index contributed by atoms with van der Waals surface area (Å²) < 4.78 is 2.27. The van der Waals surface area contributed by atoms with E-state index in [-0.39, 0.29) is 18.2 Å². The van der Waals surface area contributed by atoms with Crippen LogP contribution in [0.3, 0.4) is 0 Å². The number of benzene rings is 3. The van der Waals surface area contributed by atoms with Crippen LogP contribution in [0.15, 0.2) is 66.7 Å². The van der Waals surface area contributed by atoms with Crippen LogP contribution in [0, 0.1) is 18.8 Å². The Labute approximate surface area is 236 Å². The molecule has 5 rings (SSSR count). The normalized spacial score (nSPS) is 17.1. The van der Waals surface area contributed by atoms with Crippen molar-refractivity contribution in [2.24, 2.45) is 11.8 Å². The zero-order chi connectivity index (χ0) is 28.1. The number of nitrogens with zero attached hydrogens (tertiary/aromatic N) is 2. The lowest BCUT2D eigenvalue weighted by Crippen LogP contribution is -2.30. The number of hydrogen-bond acceptors (Lipinski definition) is 3. The van der Waals surface area contributed by atoms with Crippen LogP contribution < -0.4 is 5.32 Å². The van der Waals surface area contributed by atoms with E-state index in [2.05, 4.69) is 72.3 Å². The molecular weight excluding hydrogens is 498 g/mol. The quantitative estimate of drug-likeness (QED) is 0.218. The van der Waals surface area contributed by atoms with E-state index in [1.165, 1.54) is 22.3 Å². The van der Waals surface area contributed by atoms with Crippen LogP contribution in [0.5, 0.6) is 0 Å². The van der Waals surface area contributed by atoms with E-state index < -0.39 is 11.9 Å². The fraction of sp³-hybridized carbons (Fsp3) is 0.382. The molecule has 0 bridgehead atoms. The molecule has 1 aromatic heterocycles. The van der Waals surface area contributed by atoms with Crippen molar-refractivity contribution in [1.82, 2.24) is 9.55 Å². The molecule has 4 aromatic rings. The van der Waals surface area contributed by atoms with E-state index >= 15 is 0 Å². The largest absolute Gasteiger partial charge is 0.481 e. The first kappa shape index (κ1) is 27.6. The molecule has 3 aromatic carbocycles. The molecule has 1 saturated carbocycles. The van der Waals surface area contributed by atoms with Crippen LogP contribution in [0.1, 0.15) is 68.8 Å². The fourth-order valence-corrected chi connectivity index (χ4v) is 6.05. The average molecular weight is 538 g/mol. The van der Waals surface area contributed by atoms with Crippen molar-refractivity contribution in [1.29, 1.82) is 0 Å². The van der Waals surface area contributed by atoms with Crippen molar-refractivity contribution in [2.45, 2.75) is 71.8 Å². The minimum Gasteiger partial charge on any atom is -0.481 e. The molecule has 1 amide bonds. The molecule has 2 unspecified atom stereocenters. The number of carbonyl (C=O) groups is 2. The number of aryl methyl sites for hydroxylation is 2. The topological polar surface area (TPSA) is 84.2 Å². The number of aromatic nitrogens is 2. The third-order valence-corrected chi connectivity index (χ3v) is 8.29. The number of carboxylic acid groups (broad SMARTS) is 1. The first-order chi connectivity index (χ1) is 19.4. The molecular formula is C34H39N3O3. The second-order valence-corrected chi connectivity index (χ2v) is 11.2. The average Bonchev–Trinajstić information content (AvgIpc) is 3.29. The lowest BCUT2D eigenvalue weighted by molar-refractivity contribution is -0.145. The molecule has 1 heterocycles. The maximum Gasteiger partial charge on any atom is 0.306 e. The van der Waals surface area contributed by atoms with Gasteiger partial charge in [-0.05, 0) is 72.6 Å². The summed E-state index contributed by atoms with van der Waals surface area (Å²) in [5.74, 6) is -0.392. The molecule has 40 heavy (non-hydrogen) atoms. The van der Waals surface area contributed by atoms with Crippen LogP contribution in [-0.2, 0) is 22.6 Å². The van der Waals surface area contributed by atoms with E-state index in [4.69, 9.17) is 4.98 Å². The molecule has 6 nitrogen and oxygen atoms in total. The van der Waals surface area contributed by atoms with Gasteiger partial charge in [0.25, 0.3) is 0 Å². The number of imidazole rings is 1. The summed E-state index contributed by atoms with van der Waals surface area (Å²) in [4.78, 5) is 29.6. The van der Waals surface area contributed by atoms with Gasteiger partial charge in [0.15, 0.2) is 0 Å².